The zero-order valence-electron chi connectivity index (χ0n) is 13.3. The predicted octanol–water partition coefficient (Wildman–Crippen LogP) is 1.81. The standard InChI is InChI=1S/C15H22N2O4S.ClH/c1-11-7-12-13(21-10-20-12)8-14(11)22(18,19)17-9-15(2)3-5-16-6-4-15;/h7-8,16-17H,3-6,9-10H2,1-2H3;1H. The summed E-state index contributed by atoms with van der Waals surface area (Å²) in [6, 6.07) is 3.26. The van der Waals surface area contributed by atoms with Crippen molar-refractivity contribution in [2.24, 2.45) is 5.41 Å². The summed E-state index contributed by atoms with van der Waals surface area (Å²) in [4.78, 5) is 0.259. The monoisotopic (exact) mass is 362 g/mol. The lowest BCUT2D eigenvalue weighted by atomic mass is 9.81. The minimum absolute atomic E-state index is 0. The first-order chi connectivity index (χ1) is 10.4. The molecular weight excluding hydrogens is 340 g/mol. The van der Waals surface area contributed by atoms with Crippen LogP contribution < -0.4 is 19.5 Å². The van der Waals surface area contributed by atoms with Crippen LogP contribution in [0.25, 0.3) is 0 Å². The number of fused-ring (bicyclic) bond motifs is 1. The molecule has 1 saturated heterocycles. The zero-order chi connectivity index (χ0) is 15.8. The van der Waals surface area contributed by atoms with Crippen LogP contribution in [0.15, 0.2) is 17.0 Å². The van der Waals surface area contributed by atoms with Crippen molar-refractivity contribution >= 4 is 22.4 Å². The highest BCUT2D eigenvalue weighted by Crippen LogP contribution is 2.36. The number of hydrogen-bond donors (Lipinski definition) is 2. The molecule has 0 atom stereocenters. The first-order valence-corrected chi connectivity index (χ1v) is 8.99. The molecule has 0 bridgehead atoms. The van der Waals surface area contributed by atoms with E-state index in [-0.39, 0.29) is 29.5 Å². The lowest BCUT2D eigenvalue weighted by Crippen LogP contribution is -2.42. The third-order valence-electron chi connectivity index (χ3n) is 4.46. The molecule has 0 unspecified atom stereocenters. The molecule has 130 valence electrons. The van der Waals surface area contributed by atoms with Crippen molar-refractivity contribution in [2.75, 3.05) is 26.4 Å². The summed E-state index contributed by atoms with van der Waals surface area (Å²) in [5.41, 5.74) is 0.662. The molecule has 23 heavy (non-hydrogen) atoms. The van der Waals surface area contributed by atoms with Crippen molar-refractivity contribution in [1.29, 1.82) is 0 Å². The van der Waals surface area contributed by atoms with E-state index in [1.807, 2.05) is 0 Å². The number of sulfonamides is 1. The van der Waals surface area contributed by atoms with Crippen molar-refractivity contribution in [3.63, 3.8) is 0 Å². The topological polar surface area (TPSA) is 76.7 Å². The van der Waals surface area contributed by atoms with Crippen molar-refractivity contribution in [3.8, 4) is 11.5 Å². The van der Waals surface area contributed by atoms with Crippen molar-refractivity contribution < 1.29 is 17.9 Å². The van der Waals surface area contributed by atoms with E-state index in [0.29, 0.717) is 23.6 Å². The van der Waals surface area contributed by atoms with Crippen LogP contribution in [0.4, 0.5) is 0 Å². The Hall–Kier alpha value is -1.02. The summed E-state index contributed by atoms with van der Waals surface area (Å²) < 4.78 is 38.5. The minimum atomic E-state index is -3.56. The predicted molar refractivity (Wildman–Crippen MR) is 89.9 cm³/mol. The molecule has 0 spiro atoms. The van der Waals surface area contributed by atoms with Gasteiger partial charge in [0.15, 0.2) is 11.5 Å². The molecule has 8 heteroatoms. The molecule has 6 nitrogen and oxygen atoms in total. The van der Waals surface area contributed by atoms with E-state index < -0.39 is 10.0 Å². The van der Waals surface area contributed by atoms with Crippen LogP contribution in [0.5, 0.6) is 11.5 Å². The molecule has 2 N–H and O–H groups in total. The highest BCUT2D eigenvalue weighted by molar-refractivity contribution is 7.89. The number of piperidine rings is 1. The molecule has 0 radical (unpaired) electrons. The Labute approximate surface area is 143 Å². The molecule has 2 heterocycles. The van der Waals surface area contributed by atoms with Gasteiger partial charge in [-0.3, -0.25) is 0 Å². The SMILES string of the molecule is Cc1cc2c(cc1S(=O)(=O)NCC1(C)CCNCC1)OCO2.Cl. The largest absolute Gasteiger partial charge is 0.454 e. The van der Waals surface area contributed by atoms with E-state index in [1.165, 1.54) is 0 Å². The molecule has 1 aromatic rings. The fourth-order valence-corrected chi connectivity index (χ4v) is 4.31. The molecule has 1 aromatic carbocycles. The summed E-state index contributed by atoms with van der Waals surface area (Å²) >= 11 is 0. The van der Waals surface area contributed by atoms with Gasteiger partial charge in [0.05, 0.1) is 4.90 Å². The van der Waals surface area contributed by atoms with Crippen molar-refractivity contribution in [2.45, 2.75) is 31.6 Å². The number of aryl methyl sites for hydroxylation is 1. The normalized spacial score (nSPS) is 19.2. The van der Waals surface area contributed by atoms with Gasteiger partial charge in [-0.1, -0.05) is 6.92 Å². The van der Waals surface area contributed by atoms with Crippen LogP contribution in [-0.2, 0) is 10.0 Å². The molecule has 0 amide bonds. The van der Waals surface area contributed by atoms with Gasteiger partial charge in [0.25, 0.3) is 0 Å². The van der Waals surface area contributed by atoms with Gasteiger partial charge in [-0.2, -0.15) is 0 Å². The maximum absolute atomic E-state index is 12.6. The molecule has 3 rings (SSSR count). The minimum Gasteiger partial charge on any atom is -0.454 e. The van der Waals surface area contributed by atoms with E-state index in [2.05, 4.69) is 17.0 Å². The first-order valence-electron chi connectivity index (χ1n) is 7.50. The van der Waals surface area contributed by atoms with Gasteiger partial charge in [0.1, 0.15) is 0 Å². The molecule has 1 fully saturated rings. The van der Waals surface area contributed by atoms with Gasteiger partial charge < -0.3 is 14.8 Å². The van der Waals surface area contributed by atoms with Crippen LogP contribution >= 0.6 is 12.4 Å². The molecule has 0 aromatic heterocycles. The maximum atomic E-state index is 12.6. The van der Waals surface area contributed by atoms with Gasteiger partial charge >= 0.3 is 0 Å². The lowest BCUT2D eigenvalue weighted by molar-refractivity contribution is 0.174. The van der Waals surface area contributed by atoms with Crippen LogP contribution in [-0.4, -0.2) is 34.8 Å². The van der Waals surface area contributed by atoms with Crippen molar-refractivity contribution in [1.82, 2.24) is 10.0 Å². The highest BCUT2D eigenvalue weighted by atomic mass is 35.5. The fraction of sp³-hybridized carbons (Fsp3) is 0.600. The third kappa shape index (κ3) is 3.91. The Kier molecular flexibility index (Phi) is 5.45. The average molecular weight is 363 g/mol. The zero-order valence-corrected chi connectivity index (χ0v) is 15.0. The highest BCUT2D eigenvalue weighted by Gasteiger charge is 2.30. The fourth-order valence-electron chi connectivity index (χ4n) is 2.87. The Balaban J connectivity index is 0.00000192. The molecule has 0 aliphatic carbocycles. The Bertz CT molecular complexity index is 672. The number of rotatable bonds is 4. The number of benzene rings is 1. The van der Waals surface area contributed by atoms with E-state index in [4.69, 9.17) is 9.47 Å². The number of hydrogen-bond acceptors (Lipinski definition) is 5. The van der Waals surface area contributed by atoms with Gasteiger partial charge in [-0.15, -0.1) is 12.4 Å². The van der Waals surface area contributed by atoms with Gasteiger partial charge in [0, 0.05) is 12.6 Å². The van der Waals surface area contributed by atoms with Gasteiger partial charge in [-0.05, 0) is 49.9 Å². The summed E-state index contributed by atoms with van der Waals surface area (Å²) in [7, 11) is -3.56. The summed E-state index contributed by atoms with van der Waals surface area (Å²) in [6.45, 7) is 6.34. The lowest BCUT2D eigenvalue weighted by Gasteiger charge is -2.34. The second-order valence-corrected chi connectivity index (χ2v) is 8.09. The molecule has 2 aliphatic rings. The smallest absolute Gasteiger partial charge is 0.240 e. The number of nitrogens with one attached hydrogen (secondary N) is 2. The third-order valence-corrected chi connectivity index (χ3v) is 6.00. The Morgan fingerprint density at radius 1 is 1.22 bits per heavy atom. The van der Waals surface area contributed by atoms with E-state index in [9.17, 15) is 8.42 Å². The van der Waals surface area contributed by atoms with Crippen LogP contribution in [0.2, 0.25) is 0 Å². The maximum Gasteiger partial charge on any atom is 0.240 e. The van der Waals surface area contributed by atoms with E-state index >= 15 is 0 Å². The van der Waals surface area contributed by atoms with Crippen LogP contribution in [0, 0.1) is 12.3 Å². The van der Waals surface area contributed by atoms with Gasteiger partial charge in [0.2, 0.25) is 16.8 Å². The average Bonchev–Trinajstić information content (AvgIpc) is 2.92. The quantitative estimate of drug-likeness (QED) is 0.854. The first kappa shape index (κ1) is 18.3. The molecule has 0 saturated carbocycles. The Morgan fingerprint density at radius 2 is 1.83 bits per heavy atom. The summed E-state index contributed by atoms with van der Waals surface area (Å²) in [5, 5.41) is 3.30. The second-order valence-electron chi connectivity index (χ2n) is 6.36. The van der Waals surface area contributed by atoms with E-state index in [0.717, 1.165) is 25.9 Å². The summed E-state index contributed by atoms with van der Waals surface area (Å²) in [6.07, 6.45) is 1.94. The number of ether oxygens (including phenoxy) is 2. The molecule has 2 aliphatic heterocycles. The second kappa shape index (κ2) is 6.84. The molecular formula is C15H23ClN2O4S. The van der Waals surface area contributed by atoms with E-state index in [1.54, 1.807) is 19.1 Å². The van der Waals surface area contributed by atoms with Crippen LogP contribution in [0.1, 0.15) is 25.3 Å². The van der Waals surface area contributed by atoms with Crippen LogP contribution in [0.3, 0.4) is 0 Å². The summed E-state index contributed by atoms with van der Waals surface area (Å²) in [5.74, 6) is 1.08. The Morgan fingerprint density at radius 3 is 2.48 bits per heavy atom. The number of halogens is 1. The van der Waals surface area contributed by atoms with Crippen molar-refractivity contribution in [3.05, 3.63) is 17.7 Å². The van der Waals surface area contributed by atoms with Gasteiger partial charge in [-0.25, -0.2) is 13.1 Å².